The number of carbonyl (C=O) groups excluding carboxylic acids is 2. The van der Waals surface area contributed by atoms with Crippen LogP contribution in [-0.2, 0) is 17.5 Å². The number of nitrogens with one attached hydrogen (secondary N) is 1. The Morgan fingerprint density at radius 3 is 2.73 bits per heavy atom. The molecule has 1 atom stereocenters. The highest BCUT2D eigenvalue weighted by Crippen LogP contribution is 2.50. The third-order valence-electron chi connectivity index (χ3n) is 6.35. The number of piperidine rings is 1. The summed E-state index contributed by atoms with van der Waals surface area (Å²) in [5.41, 5.74) is -0.862. The summed E-state index contributed by atoms with van der Waals surface area (Å²) in [6.45, 7) is 0.458. The van der Waals surface area contributed by atoms with Crippen LogP contribution in [0.4, 0.5) is 18.0 Å². The van der Waals surface area contributed by atoms with Crippen molar-refractivity contribution < 1.29 is 36.8 Å². The number of carbonyl (C=O) groups is 2. The molecule has 1 aliphatic heterocycles. The van der Waals surface area contributed by atoms with Crippen molar-refractivity contribution in [3.05, 3.63) is 47.3 Å². The van der Waals surface area contributed by atoms with Crippen molar-refractivity contribution in [2.75, 3.05) is 20.1 Å². The number of aromatic nitrogens is 1. The third kappa shape index (κ3) is 4.91. The monoisotopic (exact) mass is 467 g/mol. The predicted octanol–water partition coefficient (Wildman–Crippen LogP) is 4.01. The van der Waals surface area contributed by atoms with Crippen molar-refractivity contribution in [1.29, 1.82) is 0 Å². The van der Waals surface area contributed by atoms with Gasteiger partial charge in [-0.15, -0.1) is 0 Å². The zero-order valence-electron chi connectivity index (χ0n) is 18.0. The second-order valence-electron chi connectivity index (χ2n) is 8.36. The molecule has 2 heterocycles. The van der Waals surface area contributed by atoms with E-state index in [1.165, 1.54) is 30.1 Å². The SMILES string of the molecule is CNC(=O)c1cc(COC(=O)N2CCC3(CCC3)C(Oc3cccc(C(F)(F)F)c3)C2)on1. The Balaban J connectivity index is 1.40. The summed E-state index contributed by atoms with van der Waals surface area (Å²) in [4.78, 5) is 25.7. The van der Waals surface area contributed by atoms with Gasteiger partial charge in [0.05, 0.1) is 12.1 Å². The number of amides is 2. The average Bonchev–Trinajstić information content (AvgIpc) is 3.24. The topological polar surface area (TPSA) is 93.9 Å². The molecule has 1 aromatic heterocycles. The number of hydrogen-bond acceptors (Lipinski definition) is 6. The van der Waals surface area contributed by atoms with E-state index in [9.17, 15) is 22.8 Å². The first-order valence-corrected chi connectivity index (χ1v) is 10.6. The molecule has 1 saturated heterocycles. The van der Waals surface area contributed by atoms with E-state index >= 15 is 0 Å². The molecular weight excluding hydrogens is 443 g/mol. The molecule has 4 rings (SSSR count). The van der Waals surface area contributed by atoms with Crippen LogP contribution in [0.2, 0.25) is 0 Å². The highest BCUT2D eigenvalue weighted by molar-refractivity contribution is 5.91. The number of halogens is 3. The van der Waals surface area contributed by atoms with E-state index in [1.807, 2.05) is 0 Å². The first-order chi connectivity index (χ1) is 15.7. The molecule has 11 heteroatoms. The largest absolute Gasteiger partial charge is 0.488 e. The van der Waals surface area contributed by atoms with Gasteiger partial charge in [0.1, 0.15) is 11.9 Å². The fraction of sp³-hybridized carbons (Fsp3) is 0.500. The van der Waals surface area contributed by atoms with Crippen LogP contribution in [0.5, 0.6) is 5.75 Å². The quantitative estimate of drug-likeness (QED) is 0.714. The number of nitrogens with zero attached hydrogens (tertiary/aromatic N) is 2. The Bertz CT molecular complexity index is 1020. The van der Waals surface area contributed by atoms with Crippen molar-refractivity contribution in [1.82, 2.24) is 15.4 Å². The molecule has 178 valence electrons. The summed E-state index contributed by atoms with van der Waals surface area (Å²) >= 11 is 0. The average molecular weight is 467 g/mol. The maximum absolute atomic E-state index is 13.1. The van der Waals surface area contributed by atoms with Crippen LogP contribution in [0.15, 0.2) is 34.9 Å². The smallest absolute Gasteiger partial charge is 0.416 e. The lowest BCUT2D eigenvalue weighted by Gasteiger charge is -2.52. The Labute approximate surface area is 188 Å². The lowest BCUT2D eigenvalue weighted by Crippen LogP contribution is -2.57. The first-order valence-electron chi connectivity index (χ1n) is 10.6. The summed E-state index contributed by atoms with van der Waals surface area (Å²) in [7, 11) is 1.46. The van der Waals surface area contributed by atoms with Crippen molar-refractivity contribution >= 4 is 12.0 Å². The summed E-state index contributed by atoms with van der Waals surface area (Å²) < 4.78 is 55.5. The highest BCUT2D eigenvalue weighted by atomic mass is 19.4. The second kappa shape index (κ2) is 8.95. The Morgan fingerprint density at radius 2 is 2.06 bits per heavy atom. The van der Waals surface area contributed by atoms with Gasteiger partial charge in [-0.25, -0.2) is 4.79 Å². The molecule has 1 aliphatic carbocycles. The Morgan fingerprint density at radius 1 is 1.27 bits per heavy atom. The Kier molecular flexibility index (Phi) is 6.22. The zero-order valence-corrected chi connectivity index (χ0v) is 18.0. The van der Waals surface area contributed by atoms with Crippen LogP contribution in [0.25, 0.3) is 0 Å². The van der Waals surface area contributed by atoms with Crippen molar-refractivity contribution in [3.8, 4) is 5.75 Å². The predicted molar refractivity (Wildman–Crippen MR) is 108 cm³/mol. The maximum Gasteiger partial charge on any atom is 0.416 e. The normalized spacial score (nSPS) is 19.6. The summed E-state index contributed by atoms with van der Waals surface area (Å²) in [5, 5.41) is 6.02. The van der Waals surface area contributed by atoms with Gasteiger partial charge >= 0.3 is 12.3 Å². The lowest BCUT2D eigenvalue weighted by molar-refractivity contribution is -0.137. The van der Waals surface area contributed by atoms with Crippen molar-refractivity contribution in [3.63, 3.8) is 0 Å². The summed E-state index contributed by atoms with van der Waals surface area (Å²) in [6.07, 6.45) is -2.00. The number of likely N-dealkylation sites (tertiary alicyclic amines) is 1. The summed E-state index contributed by atoms with van der Waals surface area (Å²) in [5.74, 6) is -0.0846. The van der Waals surface area contributed by atoms with Crippen LogP contribution >= 0.6 is 0 Å². The third-order valence-corrected chi connectivity index (χ3v) is 6.35. The molecular formula is C22H24F3N3O5. The van der Waals surface area contributed by atoms with E-state index in [0.717, 1.165) is 31.4 Å². The van der Waals surface area contributed by atoms with Crippen LogP contribution < -0.4 is 10.1 Å². The number of alkyl halides is 3. The van der Waals surface area contributed by atoms with E-state index in [2.05, 4.69) is 10.5 Å². The van der Waals surface area contributed by atoms with Gasteiger partial charge in [-0.1, -0.05) is 17.6 Å². The van der Waals surface area contributed by atoms with E-state index in [-0.39, 0.29) is 35.8 Å². The van der Waals surface area contributed by atoms with Crippen molar-refractivity contribution in [2.24, 2.45) is 5.41 Å². The fourth-order valence-electron chi connectivity index (χ4n) is 4.28. The first kappa shape index (κ1) is 22.9. The van der Waals surface area contributed by atoms with Gasteiger partial charge < -0.3 is 24.2 Å². The molecule has 2 amide bonds. The molecule has 2 aliphatic rings. The molecule has 1 unspecified atom stereocenters. The number of hydrogen-bond donors (Lipinski definition) is 1. The molecule has 0 radical (unpaired) electrons. The molecule has 2 aromatic rings. The minimum Gasteiger partial charge on any atom is -0.488 e. The van der Waals surface area contributed by atoms with Gasteiger partial charge in [0.15, 0.2) is 18.1 Å². The molecule has 8 nitrogen and oxygen atoms in total. The number of ether oxygens (including phenoxy) is 2. The van der Waals surface area contributed by atoms with Crippen LogP contribution in [0.3, 0.4) is 0 Å². The highest BCUT2D eigenvalue weighted by Gasteiger charge is 2.49. The van der Waals surface area contributed by atoms with Crippen LogP contribution in [0.1, 0.15) is 47.5 Å². The standard InChI is InChI=1S/C22H24F3N3O5/c1-26-19(29)17-11-16(33-27-17)13-31-20(30)28-9-8-21(6-3-7-21)18(12-28)32-15-5-2-4-14(10-15)22(23,24)25/h2,4-5,10-11,18H,3,6-9,12-13H2,1H3,(H,26,29). The van der Waals surface area contributed by atoms with E-state index in [1.54, 1.807) is 0 Å². The summed E-state index contributed by atoms with van der Waals surface area (Å²) in [6, 6.07) is 6.16. The van der Waals surface area contributed by atoms with Crippen LogP contribution in [-0.4, -0.2) is 48.3 Å². The van der Waals surface area contributed by atoms with Gasteiger partial charge in [-0.2, -0.15) is 13.2 Å². The molecule has 1 N–H and O–H groups in total. The fourth-order valence-corrected chi connectivity index (χ4v) is 4.28. The Hall–Kier alpha value is -3.24. The molecule has 33 heavy (non-hydrogen) atoms. The number of benzene rings is 1. The minimum atomic E-state index is -4.46. The van der Waals surface area contributed by atoms with E-state index in [0.29, 0.717) is 13.0 Å². The number of rotatable bonds is 5. The van der Waals surface area contributed by atoms with Gasteiger partial charge in [-0.3, -0.25) is 4.79 Å². The minimum absolute atomic E-state index is 0.0722. The van der Waals surface area contributed by atoms with Crippen molar-refractivity contribution in [2.45, 2.75) is 44.6 Å². The molecule has 0 bridgehead atoms. The van der Waals surface area contributed by atoms with E-state index in [4.69, 9.17) is 14.0 Å². The van der Waals surface area contributed by atoms with Gasteiger partial charge in [0, 0.05) is 25.1 Å². The van der Waals surface area contributed by atoms with E-state index < -0.39 is 29.8 Å². The molecule has 1 aromatic carbocycles. The molecule has 2 fully saturated rings. The van der Waals surface area contributed by atoms with Gasteiger partial charge in [0.25, 0.3) is 5.91 Å². The van der Waals surface area contributed by atoms with Crippen LogP contribution in [0, 0.1) is 5.41 Å². The molecule has 1 spiro atoms. The van der Waals surface area contributed by atoms with Gasteiger partial charge in [0.2, 0.25) is 0 Å². The molecule has 1 saturated carbocycles. The zero-order chi connectivity index (χ0) is 23.6. The maximum atomic E-state index is 13.1. The second-order valence-corrected chi connectivity index (χ2v) is 8.36. The van der Waals surface area contributed by atoms with Gasteiger partial charge in [-0.05, 0) is 37.5 Å². The lowest BCUT2D eigenvalue weighted by atomic mass is 9.61.